The van der Waals surface area contributed by atoms with Gasteiger partial charge in [0, 0.05) is 12.2 Å². The van der Waals surface area contributed by atoms with Crippen molar-refractivity contribution < 1.29 is 14.3 Å². The van der Waals surface area contributed by atoms with Gasteiger partial charge in [-0.2, -0.15) is 16.4 Å². The Labute approximate surface area is 173 Å². The minimum atomic E-state index is -0.172. The lowest BCUT2D eigenvalue weighted by Crippen LogP contribution is -2.36. The van der Waals surface area contributed by atoms with Crippen LogP contribution in [0.15, 0.2) is 59.6 Å². The van der Waals surface area contributed by atoms with E-state index in [0.717, 1.165) is 12.2 Å². The molecule has 2 aromatic heterocycles. The Hall–Kier alpha value is -3.13. The highest BCUT2D eigenvalue weighted by Crippen LogP contribution is 2.10. The number of hydrogen-bond acceptors (Lipinski definition) is 5. The van der Waals surface area contributed by atoms with Crippen molar-refractivity contribution in [3.05, 3.63) is 65.1 Å². The quantitative estimate of drug-likeness (QED) is 0.536. The predicted molar refractivity (Wildman–Crippen MR) is 113 cm³/mol. The Morgan fingerprint density at radius 1 is 1.21 bits per heavy atom. The summed E-state index contributed by atoms with van der Waals surface area (Å²) in [5.41, 5.74) is 1.76. The average molecular weight is 413 g/mol. The van der Waals surface area contributed by atoms with Crippen molar-refractivity contribution in [1.82, 2.24) is 15.1 Å². The Kier molecular flexibility index (Phi) is 7.40. The Morgan fingerprint density at radius 3 is 2.79 bits per heavy atom. The van der Waals surface area contributed by atoms with E-state index in [1.54, 1.807) is 17.5 Å². The molecular weight excluding hydrogens is 388 g/mol. The van der Waals surface area contributed by atoms with Gasteiger partial charge in [0.1, 0.15) is 12.3 Å². The normalized spacial score (nSPS) is 11.6. The molecule has 0 spiro atoms. The van der Waals surface area contributed by atoms with Gasteiger partial charge in [-0.25, -0.2) is 0 Å². The summed E-state index contributed by atoms with van der Waals surface area (Å²) in [4.78, 5) is 24.2. The number of rotatable bonds is 10. The maximum Gasteiger partial charge on any atom is 0.241 e. The molecule has 0 aliphatic heterocycles. The van der Waals surface area contributed by atoms with Crippen molar-refractivity contribution in [2.24, 2.45) is 0 Å². The minimum absolute atomic E-state index is 0.0384. The smallest absolute Gasteiger partial charge is 0.241 e. The number of anilines is 1. The molecule has 0 fully saturated rings. The number of aromatic nitrogens is 2. The molecule has 0 saturated heterocycles. The van der Waals surface area contributed by atoms with Gasteiger partial charge in [-0.3, -0.25) is 14.3 Å². The van der Waals surface area contributed by atoms with Gasteiger partial charge in [-0.15, -0.1) is 0 Å². The molecule has 1 aromatic carbocycles. The van der Waals surface area contributed by atoms with Gasteiger partial charge in [0.25, 0.3) is 0 Å². The fourth-order valence-electron chi connectivity index (χ4n) is 2.80. The average Bonchev–Trinajstić information content (AvgIpc) is 3.34. The first-order chi connectivity index (χ1) is 14.1. The lowest BCUT2D eigenvalue weighted by molar-refractivity contribution is -0.122. The number of ether oxygens (including phenoxy) is 1. The van der Waals surface area contributed by atoms with Gasteiger partial charge in [-0.1, -0.05) is 18.2 Å². The van der Waals surface area contributed by atoms with Crippen molar-refractivity contribution in [1.29, 1.82) is 0 Å². The van der Waals surface area contributed by atoms with Gasteiger partial charge in [0.05, 0.1) is 24.9 Å². The third-order valence-electron chi connectivity index (χ3n) is 4.09. The summed E-state index contributed by atoms with van der Waals surface area (Å²) in [6.45, 7) is 2.36. The van der Waals surface area contributed by atoms with Crippen molar-refractivity contribution in [2.75, 3.05) is 11.9 Å². The molecule has 152 valence electrons. The predicted octanol–water partition coefficient (Wildman–Crippen LogP) is 3.10. The maximum absolute atomic E-state index is 12.2. The van der Waals surface area contributed by atoms with Crippen molar-refractivity contribution in [3.8, 4) is 5.75 Å². The lowest BCUT2D eigenvalue weighted by atomic mass is 10.1. The SMILES string of the molecule is C[C@@H](Cc1ccsc1)NC(=O)Cn1cc(NC(=O)CCOc2ccccc2)cn1. The molecule has 1 atom stereocenters. The largest absolute Gasteiger partial charge is 0.493 e. The third kappa shape index (κ3) is 7.08. The van der Waals surface area contributed by atoms with Crippen LogP contribution in [0.25, 0.3) is 0 Å². The van der Waals surface area contributed by atoms with E-state index in [0.29, 0.717) is 5.69 Å². The minimum Gasteiger partial charge on any atom is -0.493 e. The number of thiophene rings is 1. The van der Waals surface area contributed by atoms with E-state index in [2.05, 4.69) is 27.2 Å². The first-order valence-electron chi connectivity index (χ1n) is 9.39. The second kappa shape index (κ2) is 10.4. The van der Waals surface area contributed by atoms with Crippen LogP contribution < -0.4 is 15.4 Å². The second-order valence-corrected chi connectivity index (χ2v) is 7.47. The van der Waals surface area contributed by atoms with E-state index in [1.165, 1.54) is 16.4 Å². The molecule has 3 aromatic rings. The molecule has 2 amide bonds. The number of hydrogen-bond donors (Lipinski definition) is 2. The molecule has 29 heavy (non-hydrogen) atoms. The summed E-state index contributed by atoms with van der Waals surface area (Å²) in [5.74, 6) is 0.437. The number of carbonyl (C=O) groups excluding carboxylic acids is 2. The van der Waals surface area contributed by atoms with Crippen LogP contribution in [0.1, 0.15) is 18.9 Å². The number of carbonyl (C=O) groups is 2. The molecule has 0 radical (unpaired) electrons. The van der Waals surface area contributed by atoms with Gasteiger partial charge < -0.3 is 15.4 Å². The highest BCUT2D eigenvalue weighted by Gasteiger charge is 2.11. The van der Waals surface area contributed by atoms with Crippen molar-refractivity contribution in [3.63, 3.8) is 0 Å². The van der Waals surface area contributed by atoms with Gasteiger partial charge in [0.15, 0.2) is 0 Å². The van der Waals surface area contributed by atoms with Crippen LogP contribution >= 0.6 is 11.3 Å². The number of benzene rings is 1. The number of amides is 2. The highest BCUT2D eigenvalue weighted by atomic mass is 32.1. The fourth-order valence-corrected chi connectivity index (χ4v) is 3.48. The zero-order valence-corrected chi connectivity index (χ0v) is 17.0. The van der Waals surface area contributed by atoms with E-state index in [1.807, 2.05) is 42.6 Å². The van der Waals surface area contributed by atoms with Crippen LogP contribution in [0, 0.1) is 0 Å². The maximum atomic E-state index is 12.2. The van der Waals surface area contributed by atoms with Gasteiger partial charge in [0.2, 0.25) is 11.8 Å². The van der Waals surface area contributed by atoms with E-state index in [-0.39, 0.29) is 37.4 Å². The first kappa shape index (κ1) is 20.6. The van der Waals surface area contributed by atoms with E-state index in [4.69, 9.17) is 4.74 Å². The lowest BCUT2D eigenvalue weighted by Gasteiger charge is -2.13. The number of nitrogens with zero attached hydrogens (tertiary/aromatic N) is 2. The van der Waals surface area contributed by atoms with Crippen LogP contribution in [0.4, 0.5) is 5.69 Å². The van der Waals surface area contributed by atoms with Gasteiger partial charge >= 0.3 is 0 Å². The molecular formula is C21H24N4O3S. The van der Waals surface area contributed by atoms with Gasteiger partial charge in [-0.05, 0) is 47.9 Å². The summed E-state index contributed by atoms with van der Waals surface area (Å²) < 4.78 is 7.02. The topological polar surface area (TPSA) is 85.2 Å². The first-order valence-corrected chi connectivity index (χ1v) is 10.3. The monoisotopic (exact) mass is 412 g/mol. The zero-order chi connectivity index (χ0) is 20.5. The van der Waals surface area contributed by atoms with Crippen LogP contribution in [0.2, 0.25) is 0 Å². The summed E-state index contributed by atoms with van der Waals surface area (Å²) in [7, 11) is 0. The molecule has 0 aliphatic rings. The molecule has 0 bridgehead atoms. The van der Waals surface area contributed by atoms with Crippen LogP contribution in [-0.4, -0.2) is 34.2 Å². The number of para-hydroxylation sites is 1. The molecule has 0 aliphatic carbocycles. The summed E-state index contributed by atoms with van der Waals surface area (Å²) in [5, 5.41) is 14.0. The number of nitrogens with one attached hydrogen (secondary N) is 2. The van der Waals surface area contributed by atoms with Crippen LogP contribution in [0.5, 0.6) is 5.75 Å². The van der Waals surface area contributed by atoms with Crippen molar-refractivity contribution in [2.45, 2.75) is 32.4 Å². The molecule has 7 nitrogen and oxygen atoms in total. The Balaban J connectivity index is 1.38. The zero-order valence-electron chi connectivity index (χ0n) is 16.2. The fraction of sp³-hybridized carbons (Fsp3) is 0.286. The molecule has 0 unspecified atom stereocenters. The summed E-state index contributed by atoms with van der Waals surface area (Å²) >= 11 is 1.65. The Bertz CT molecular complexity index is 909. The van der Waals surface area contributed by atoms with E-state index in [9.17, 15) is 9.59 Å². The molecule has 2 N–H and O–H groups in total. The second-order valence-electron chi connectivity index (χ2n) is 6.69. The van der Waals surface area contributed by atoms with Crippen LogP contribution in [0.3, 0.4) is 0 Å². The molecule has 0 saturated carbocycles. The Morgan fingerprint density at radius 2 is 2.03 bits per heavy atom. The van der Waals surface area contributed by atoms with Crippen molar-refractivity contribution >= 4 is 28.8 Å². The highest BCUT2D eigenvalue weighted by molar-refractivity contribution is 7.07. The molecule has 3 rings (SSSR count). The molecule has 8 heteroatoms. The third-order valence-corrected chi connectivity index (χ3v) is 4.83. The van der Waals surface area contributed by atoms with Crippen LogP contribution in [-0.2, 0) is 22.6 Å². The summed E-state index contributed by atoms with van der Waals surface area (Å²) in [6, 6.07) is 11.4. The molecule has 2 heterocycles. The van der Waals surface area contributed by atoms with E-state index >= 15 is 0 Å². The standard InChI is InChI=1S/C21H24N4O3S/c1-16(11-17-8-10-29-15-17)23-21(27)14-25-13-18(12-22-25)24-20(26)7-9-28-19-5-3-2-4-6-19/h2-6,8,10,12-13,15-16H,7,9,11,14H2,1H3,(H,23,27)(H,24,26)/t16-/m0/s1. The summed E-state index contributed by atoms with van der Waals surface area (Å²) in [6.07, 6.45) is 4.18. The van der Waals surface area contributed by atoms with E-state index < -0.39 is 0 Å².